The van der Waals surface area contributed by atoms with Crippen LogP contribution in [-0.2, 0) is 6.54 Å². The Bertz CT molecular complexity index is 884. The van der Waals surface area contributed by atoms with Crippen molar-refractivity contribution < 1.29 is 4.79 Å². The van der Waals surface area contributed by atoms with Crippen molar-refractivity contribution in [1.82, 2.24) is 9.97 Å². The van der Waals surface area contributed by atoms with Crippen LogP contribution in [0.25, 0.3) is 0 Å². The minimum atomic E-state index is -0.214. The average molecular weight is 353 g/mol. The molecule has 0 saturated heterocycles. The van der Waals surface area contributed by atoms with E-state index in [-0.39, 0.29) is 5.91 Å². The van der Waals surface area contributed by atoms with Gasteiger partial charge in [-0.2, -0.15) is 0 Å². The molecule has 2 heterocycles. The van der Waals surface area contributed by atoms with Crippen LogP contribution in [0.3, 0.4) is 0 Å². The van der Waals surface area contributed by atoms with E-state index in [1.54, 1.807) is 36.8 Å². The van der Waals surface area contributed by atoms with Crippen LogP contribution < -0.4 is 10.6 Å². The van der Waals surface area contributed by atoms with Crippen LogP contribution in [0.2, 0.25) is 5.02 Å². The van der Waals surface area contributed by atoms with E-state index in [1.807, 2.05) is 31.2 Å². The van der Waals surface area contributed by atoms with Crippen LogP contribution in [0, 0.1) is 6.92 Å². The zero-order chi connectivity index (χ0) is 17.6. The first-order valence-corrected chi connectivity index (χ1v) is 8.16. The number of benzene rings is 1. The summed E-state index contributed by atoms with van der Waals surface area (Å²) in [6, 6.07) is 12.7. The van der Waals surface area contributed by atoms with E-state index in [0.717, 1.165) is 11.1 Å². The van der Waals surface area contributed by atoms with Gasteiger partial charge in [-0.25, -0.2) is 4.98 Å². The fourth-order valence-electron chi connectivity index (χ4n) is 2.24. The van der Waals surface area contributed by atoms with Gasteiger partial charge in [0.25, 0.3) is 5.91 Å². The smallest absolute Gasteiger partial charge is 0.255 e. The fraction of sp³-hybridized carbons (Fsp3) is 0.105. The average Bonchev–Trinajstić information content (AvgIpc) is 2.64. The first kappa shape index (κ1) is 16.9. The van der Waals surface area contributed by atoms with Crippen molar-refractivity contribution in [1.29, 1.82) is 0 Å². The molecule has 0 fully saturated rings. The Morgan fingerprint density at radius 2 is 1.88 bits per heavy atom. The highest BCUT2D eigenvalue weighted by atomic mass is 35.5. The number of amides is 1. The number of hydrogen-bond donors (Lipinski definition) is 2. The largest absolute Gasteiger partial charge is 0.366 e. The van der Waals surface area contributed by atoms with Crippen molar-refractivity contribution in [3.63, 3.8) is 0 Å². The maximum absolute atomic E-state index is 12.4. The monoisotopic (exact) mass is 352 g/mol. The molecule has 0 atom stereocenters. The Labute approximate surface area is 151 Å². The summed E-state index contributed by atoms with van der Waals surface area (Å²) in [7, 11) is 0. The molecule has 1 amide bonds. The summed E-state index contributed by atoms with van der Waals surface area (Å²) in [4.78, 5) is 20.6. The minimum Gasteiger partial charge on any atom is -0.366 e. The molecule has 0 bridgehead atoms. The van der Waals surface area contributed by atoms with Gasteiger partial charge in [0.05, 0.1) is 0 Å². The van der Waals surface area contributed by atoms with Crippen LogP contribution in [0.4, 0.5) is 11.5 Å². The zero-order valence-corrected chi connectivity index (χ0v) is 14.4. The van der Waals surface area contributed by atoms with Gasteiger partial charge in [0.15, 0.2) is 0 Å². The number of aromatic nitrogens is 2. The van der Waals surface area contributed by atoms with Gasteiger partial charge in [0, 0.05) is 41.4 Å². The maximum atomic E-state index is 12.4. The third-order valence-corrected chi connectivity index (χ3v) is 4.08. The fourth-order valence-corrected chi connectivity index (χ4v) is 2.42. The number of pyridine rings is 2. The number of anilines is 2. The lowest BCUT2D eigenvalue weighted by Crippen LogP contribution is -2.13. The van der Waals surface area contributed by atoms with Crippen molar-refractivity contribution in [2.45, 2.75) is 13.5 Å². The molecule has 2 aromatic heterocycles. The van der Waals surface area contributed by atoms with Gasteiger partial charge in [0.2, 0.25) is 0 Å². The SMILES string of the molecule is Cc1ccc(NC(=O)c2ccnc(NCc3ccncc3)c2)cc1Cl. The molecule has 1 aromatic carbocycles. The number of aryl methyl sites for hydroxylation is 1. The van der Waals surface area contributed by atoms with Gasteiger partial charge < -0.3 is 10.6 Å². The van der Waals surface area contributed by atoms with E-state index in [9.17, 15) is 4.79 Å². The summed E-state index contributed by atoms with van der Waals surface area (Å²) in [6.45, 7) is 2.52. The molecule has 3 rings (SSSR count). The van der Waals surface area contributed by atoms with Crippen molar-refractivity contribution >= 4 is 29.0 Å². The van der Waals surface area contributed by atoms with E-state index in [4.69, 9.17) is 11.6 Å². The predicted molar refractivity (Wildman–Crippen MR) is 99.9 cm³/mol. The minimum absolute atomic E-state index is 0.214. The first-order chi connectivity index (χ1) is 12.1. The molecule has 2 N–H and O–H groups in total. The Morgan fingerprint density at radius 1 is 1.08 bits per heavy atom. The van der Waals surface area contributed by atoms with Gasteiger partial charge >= 0.3 is 0 Å². The quantitative estimate of drug-likeness (QED) is 0.718. The highest BCUT2D eigenvalue weighted by molar-refractivity contribution is 6.31. The highest BCUT2D eigenvalue weighted by Gasteiger charge is 2.08. The molecule has 6 heteroatoms. The number of halogens is 1. The second-order valence-electron chi connectivity index (χ2n) is 5.56. The third-order valence-electron chi connectivity index (χ3n) is 3.67. The van der Waals surface area contributed by atoms with Gasteiger partial charge in [-0.15, -0.1) is 0 Å². The van der Waals surface area contributed by atoms with E-state index in [2.05, 4.69) is 20.6 Å². The van der Waals surface area contributed by atoms with E-state index in [0.29, 0.717) is 28.6 Å². The molecule has 0 saturated carbocycles. The van der Waals surface area contributed by atoms with Crippen molar-refractivity contribution in [3.05, 3.63) is 82.8 Å². The molecular weight excluding hydrogens is 336 g/mol. The normalized spacial score (nSPS) is 10.3. The first-order valence-electron chi connectivity index (χ1n) is 7.78. The number of nitrogens with zero attached hydrogens (tertiary/aromatic N) is 2. The number of nitrogens with one attached hydrogen (secondary N) is 2. The van der Waals surface area contributed by atoms with Gasteiger partial charge in [-0.05, 0) is 54.4 Å². The van der Waals surface area contributed by atoms with E-state index >= 15 is 0 Å². The molecule has 0 aliphatic carbocycles. The third kappa shape index (κ3) is 4.55. The molecule has 0 aliphatic rings. The summed E-state index contributed by atoms with van der Waals surface area (Å²) in [6.07, 6.45) is 5.08. The Morgan fingerprint density at radius 3 is 2.64 bits per heavy atom. The molecule has 0 spiro atoms. The summed E-state index contributed by atoms with van der Waals surface area (Å²) < 4.78 is 0. The number of rotatable bonds is 5. The summed E-state index contributed by atoms with van der Waals surface area (Å²) in [5.41, 5.74) is 3.22. The second-order valence-corrected chi connectivity index (χ2v) is 5.96. The summed E-state index contributed by atoms with van der Waals surface area (Å²) in [5, 5.41) is 6.65. The van der Waals surface area contributed by atoms with E-state index in [1.165, 1.54) is 0 Å². The lowest BCUT2D eigenvalue weighted by molar-refractivity contribution is 0.102. The van der Waals surface area contributed by atoms with Crippen LogP contribution in [0.15, 0.2) is 61.1 Å². The van der Waals surface area contributed by atoms with Crippen molar-refractivity contribution in [2.24, 2.45) is 0 Å². The molecule has 5 nitrogen and oxygen atoms in total. The Hall–Kier alpha value is -2.92. The standard InChI is InChI=1S/C19H17ClN4O/c1-13-2-3-16(11-17(13)20)24-19(25)15-6-9-22-18(10-15)23-12-14-4-7-21-8-5-14/h2-11H,12H2,1H3,(H,22,23)(H,24,25). The van der Waals surface area contributed by atoms with Crippen molar-refractivity contribution in [2.75, 3.05) is 10.6 Å². The molecule has 0 unspecified atom stereocenters. The molecule has 126 valence electrons. The summed E-state index contributed by atoms with van der Waals surface area (Å²) >= 11 is 6.09. The topological polar surface area (TPSA) is 66.9 Å². The van der Waals surface area contributed by atoms with E-state index < -0.39 is 0 Å². The second kappa shape index (κ2) is 7.77. The maximum Gasteiger partial charge on any atom is 0.255 e. The van der Waals surface area contributed by atoms with Crippen LogP contribution in [0.5, 0.6) is 0 Å². The highest BCUT2D eigenvalue weighted by Crippen LogP contribution is 2.20. The zero-order valence-electron chi connectivity index (χ0n) is 13.7. The number of carbonyl (C=O) groups excluding carboxylic acids is 1. The molecule has 0 radical (unpaired) electrons. The lowest BCUT2D eigenvalue weighted by atomic mass is 10.2. The molecule has 3 aromatic rings. The van der Waals surface area contributed by atoms with Crippen molar-refractivity contribution in [3.8, 4) is 0 Å². The molecular formula is C19H17ClN4O. The number of carbonyl (C=O) groups is 1. The number of hydrogen-bond acceptors (Lipinski definition) is 4. The van der Waals surface area contributed by atoms with Crippen LogP contribution in [0.1, 0.15) is 21.5 Å². The predicted octanol–water partition coefficient (Wildman–Crippen LogP) is 4.30. The Kier molecular flexibility index (Phi) is 5.26. The van der Waals surface area contributed by atoms with Crippen LogP contribution in [-0.4, -0.2) is 15.9 Å². The van der Waals surface area contributed by atoms with Gasteiger partial charge in [-0.1, -0.05) is 17.7 Å². The molecule has 0 aliphatic heterocycles. The van der Waals surface area contributed by atoms with Crippen LogP contribution >= 0.6 is 11.6 Å². The van der Waals surface area contributed by atoms with Gasteiger partial charge in [-0.3, -0.25) is 9.78 Å². The van der Waals surface area contributed by atoms with Gasteiger partial charge in [0.1, 0.15) is 5.82 Å². The Balaban J connectivity index is 1.67. The molecule has 25 heavy (non-hydrogen) atoms. The lowest BCUT2D eigenvalue weighted by Gasteiger charge is -2.09. The summed E-state index contributed by atoms with van der Waals surface area (Å²) in [5.74, 6) is 0.417.